The molecule has 3 N–H and O–H groups in total. The first kappa shape index (κ1) is 10.1. The first-order chi connectivity index (χ1) is 5.96. The zero-order valence-corrected chi connectivity index (χ0v) is 8.52. The van der Waals surface area contributed by atoms with Gasteiger partial charge in [-0.1, -0.05) is 6.58 Å². The van der Waals surface area contributed by atoms with Crippen LogP contribution in [0.1, 0.15) is 19.5 Å². The lowest BCUT2D eigenvalue weighted by molar-refractivity contribution is 0.667. The van der Waals surface area contributed by atoms with Gasteiger partial charge in [0.15, 0.2) is 0 Å². The second-order valence-electron chi connectivity index (χ2n) is 3.25. The summed E-state index contributed by atoms with van der Waals surface area (Å²) in [5.74, 6) is 0. The van der Waals surface area contributed by atoms with Crippen LogP contribution in [0, 0.1) is 0 Å². The number of nitrogens with two attached hydrogens (primary N) is 1. The Hall–Kier alpha value is -0.940. The van der Waals surface area contributed by atoms with Crippen molar-refractivity contribution in [2.24, 2.45) is 5.14 Å². The highest BCUT2D eigenvalue weighted by Crippen LogP contribution is 2.27. The van der Waals surface area contributed by atoms with E-state index in [1.54, 1.807) is 26.4 Å². The molecule has 5 heteroatoms. The third-order valence-corrected chi connectivity index (χ3v) is 3.31. The molecule has 0 amide bonds. The maximum atomic E-state index is 11.2. The fourth-order valence-electron chi connectivity index (χ4n) is 0.867. The molecule has 0 fully saturated rings. The lowest BCUT2D eigenvalue weighted by Gasteiger charge is -2.22. The fourth-order valence-corrected chi connectivity index (χ4v) is 1.22. The van der Waals surface area contributed by atoms with E-state index in [9.17, 15) is 4.21 Å². The summed E-state index contributed by atoms with van der Waals surface area (Å²) in [4.78, 5) is 6.76. The second kappa shape index (κ2) is 3.43. The van der Waals surface area contributed by atoms with E-state index in [-0.39, 0.29) is 0 Å². The van der Waals surface area contributed by atoms with Crippen LogP contribution in [-0.2, 0) is 11.0 Å². The van der Waals surface area contributed by atoms with Gasteiger partial charge in [0.25, 0.3) is 0 Å². The summed E-state index contributed by atoms with van der Waals surface area (Å²) < 4.78 is 10.6. The van der Waals surface area contributed by atoms with Gasteiger partial charge in [0.1, 0.15) is 0 Å². The molecule has 0 bridgehead atoms. The molecular weight excluding hydrogens is 186 g/mol. The van der Waals surface area contributed by atoms with Gasteiger partial charge in [-0.3, -0.25) is 5.14 Å². The fraction of sp³-hybridized carbons (Fsp3) is 0.375. The first-order valence-corrected chi connectivity index (χ1v) is 5.02. The molecule has 1 aromatic rings. The summed E-state index contributed by atoms with van der Waals surface area (Å²) in [6.07, 6.45) is 3.19. The molecular formula is C8H13N3OS. The van der Waals surface area contributed by atoms with Crippen molar-refractivity contribution in [2.75, 3.05) is 0 Å². The third-order valence-electron chi connectivity index (χ3n) is 2.05. The molecule has 1 rings (SSSR count). The molecule has 0 spiro atoms. The highest BCUT2D eigenvalue weighted by atomic mass is 32.2. The number of hydrogen-bond acceptors (Lipinski definition) is 2. The number of rotatable bonds is 3. The van der Waals surface area contributed by atoms with E-state index in [2.05, 4.69) is 16.5 Å². The Morgan fingerprint density at radius 1 is 1.77 bits per heavy atom. The lowest BCUT2D eigenvalue weighted by Crippen LogP contribution is -2.32. The Bertz CT molecular complexity index is 329. The maximum Gasteiger partial charge on any atom is 0.0991 e. The molecule has 0 aromatic carbocycles. The van der Waals surface area contributed by atoms with Gasteiger partial charge >= 0.3 is 0 Å². The zero-order chi connectivity index (χ0) is 10.1. The van der Waals surface area contributed by atoms with Gasteiger partial charge in [-0.15, -0.1) is 0 Å². The molecule has 1 heterocycles. The number of hydrogen-bond donors (Lipinski definition) is 2. The Morgan fingerprint density at radius 3 is 2.77 bits per heavy atom. The highest BCUT2D eigenvalue weighted by Gasteiger charge is 2.28. The number of imidazole rings is 1. The largest absolute Gasteiger partial charge is 0.345 e. The van der Waals surface area contributed by atoms with Crippen molar-refractivity contribution in [3.63, 3.8) is 0 Å². The number of aromatic nitrogens is 2. The molecule has 13 heavy (non-hydrogen) atoms. The number of nitrogens with one attached hydrogen (secondary N) is 1. The zero-order valence-electron chi connectivity index (χ0n) is 7.70. The summed E-state index contributed by atoms with van der Waals surface area (Å²) in [6.45, 7) is 7.41. The molecule has 0 aliphatic heterocycles. The van der Waals surface area contributed by atoms with Crippen LogP contribution in [0.2, 0.25) is 0 Å². The van der Waals surface area contributed by atoms with Crippen molar-refractivity contribution < 1.29 is 4.21 Å². The predicted molar refractivity (Wildman–Crippen MR) is 54.0 cm³/mol. The van der Waals surface area contributed by atoms with Crippen LogP contribution in [0.25, 0.3) is 5.57 Å². The summed E-state index contributed by atoms with van der Waals surface area (Å²) >= 11 is 0. The molecule has 0 saturated carbocycles. The summed E-state index contributed by atoms with van der Waals surface area (Å²) in [5.41, 5.74) is 1.47. The summed E-state index contributed by atoms with van der Waals surface area (Å²) in [5, 5.41) is 5.35. The quantitative estimate of drug-likeness (QED) is 0.756. The van der Waals surface area contributed by atoms with Gasteiger partial charge in [0.05, 0.1) is 34.0 Å². The van der Waals surface area contributed by atoms with Gasteiger partial charge in [0, 0.05) is 0 Å². The molecule has 1 unspecified atom stereocenters. The first-order valence-electron chi connectivity index (χ1n) is 3.80. The third kappa shape index (κ3) is 1.87. The van der Waals surface area contributed by atoms with Crippen molar-refractivity contribution in [3.05, 3.63) is 24.8 Å². The van der Waals surface area contributed by atoms with Gasteiger partial charge in [-0.25, -0.2) is 9.19 Å². The Kier molecular flexibility index (Phi) is 2.68. The van der Waals surface area contributed by atoms with Crippen LogP contribution >= 0.6 is 0 Å². The standard InChI is InChI=1S/C8H13N3OS/c1-6(7-4-10-5-11-7)8(2,3)13(9)12/h4-5H,1,9H2,2-3H3,(H,10,11). The van der Waals surface area contributed by atoms with Crippen LogP contribution in [-0.4, -0.2) is 18.9 Å². The Labute approximate surface area is 79.8 Å². The van der Waals surface area contributed by atoms with Gasteiger partial charge in [-0.2, -0.15) is 0 Å². The minimum Gasteiger partial charge on any atom is -0.345 e. The molecule has 1 atom stereocenters. The average molecular weight is 199 g/mol. The minimum absolute atomic E-state index is 0.632. The van der Waals surface area contributed by atoms with E-state index in [0.717, 1.165) is 5.69 Å². The SMILES string of the molecule is C=C(c1cnc[nH]1)C(C)(C)S(N)=O. The monoisotopic (exact) mass is 199 g/mol. The van der Waals surface area contributed by atoms with Crippen LogP contribution in [0.5, 0.6) is 0 Å². The van der Waals surface area contributed by atoms with E-state index < -0.39 is 15.7 Å². The molecule has 1 aromatic heterocycles. The number of H-pyrrole nitrogens is 1. The number of nitrogens with zero attached hydrogens (tertiary/aromatic N) is 1. The van der Waals surface area contributed by atoms with Gasteiger partial charge in [-0.05, 0) is 19.4 Å². The van der Waals surface area contributed by atoms with Crippen LogP contribution < -0.4 is 5.14 Å². The second-order valence-corrected chi connectivity index (χ2v) is 4.87. The average Bonchev–Trinajstić information content (AvgIpc) is 2.54. The van der Waals surface area contributed by atoms with Crippen LogP contribution in [0.4, 0.5) is 0 Å². The highest BCUT2D eigenvalue weighted by molar-refractivity contribution is 7.84. The molecule has 0 aliphatic rings. The molecule has 72 valence electrons. The van der Waals surface area contributed by atoms with E-state index in [1.807, 2.05) is 0 Å². The van der Waals surface area contributed by atoms with E-state index in [1.165, 1.54) is 0 Å². The lowest BCUT2D eigenvalue weighted by atomic mass is 10.0. The molecule has 0 aliphatic carbocycles. The van der Waals surface area contributed by atoms with Crippen LogP contribution in [0.15, 0.2) is 19.1 Å². The Balaban J connectivity index is 2.98. The van der Waals surface area contributed by atoms with E-state index in [0.29, 0.717) is 5.57 Å². The van der Waals surface area contributed by atoms with Gasteiger partial charge in [0.2, 0.25) is 0 Å². The van der Waals surface area contributed by atoms with E-state index in [4.69, 9.17) is 5.14 Å². The van der Waals surface area contributed by atoms with Crippen molar-refractivity contribution in [2.45, 2.75) is 18.6 Å². The normalized spacial score (nSPS) is 14.1. The van der Waals surface area contributed by atoms with Crippen molar-refractivity contribution in [1.82, 2.24) is 9.97 Å². The Morgan fingerprint density at radius 2 is 2.38 bits per heavy atom. The van der Waals surface area contributed by atoms with E-state index >= 15 is 0 Å². The molecule has 0 radical (unpaired) electrons. The van der Waals surface area contributed by atoms with Crippen molar-refractivity contribution >= 4 is 16.6 Å². The maximum absolute atomic E-state index is 11.2. The topological polar surface area (TPSA) is 71.8 Å². The molecule has 0 saturated heterocycles. The predicted octanol–water partition coefficient (Wildman–Crippen LogP) is 0.824. The van der Waals surface area contributed by atoms with Crippen molar-refractivity contribution in [1.29, 1.82) is 0 Å². The summed E-state index contributed by atoms with van der Waals surface area (Å²) in [6, 6.07) is 0. The number of aromatic amines is 1. The molecule has 4 nitrogen and oxygen atoms in total. The van der Waals surface area contributed by atoms with Gasteiger partial charge < -0.3 is 4.98 Å². The summed E-state index contributed by atoms with van der Waals surface area (Å²) in [7, 11) is -1.44. The minimum atomic E-state index is -1.44. The van der Waals surface area contributed by atoms with Crippen molar-refractivity contribution in [3.8, 4) is 0 Å². The van der Waals surface area contributed by atoms with Crippen LogP contribution in [0.3, 0.4) is 0 Å². The smallest absolute Gasteiger partial charge is 0.0991 e.